The van der Waals surface area contributed by atoms with Crippen LogP contribution in [-0.2, 0) is 24.3 Å². The molecule has 220 valence electrons. The van der Waals surface area contributed by atoms with E-state index in [0.717, 1.165) is 18.9 Å². The van der Waals surface area contributed by atoms with Crippen molar-refractivity contribution < 1.29 is 32.4 Å². The number of nitrogens with zero attached hydrogens (tertiary/aromatic N) is 3. The number of nitro groups is 1. The van der Waals surface area contributed by atoms with Gasteiger partial charge in [-0.15, -0.1) is 0 Å². The first-order chi connectivity index (χ1) is 20.2. The topological polar surface area (TPSA) is 170 Å². The third kappa shape index (κ3) is 8.11. The van der Waals surface area contributed by atoms with E-state index in [-0.39, 0.29) is 29.2 Å². The van der Waals surface area contributed by atoms with Crippen molar-refractivity contribution >= 4 is 39.4 Å². The Kier molecular flexibility index (Phi) is 10.2. The summed E-state index contributed by atoms with van der Waals surface area (Å²) in [5.41, 5.74) is 2.10. The summed E-state index contributed by atoms with van der Waals surface area (Å²) in [4.78, 5) is 35.5. The molecule has 1 atom stereocenters. The summed E-state index contributed by atoms with van der Waals surface area (Å²) in [6.07, 6.45) is 3.28. The Morgan fingerprint density at radius 1 is 1.05 bits per heavy atom. The SMILES string of the molecule is O=C(COc1ccc(/C=N/NC(=O)CN(c2ccccc2[N+](=O)[O-])S(=O)(=O)c2ccccc2)cc1)NCC1CCCO1. The molecule has 13 nitrogen and oxygen atoms in total. The Hall–Kier alpha value is -4.82. The minimum absolute atomic E-state index is 0.0428. The van der Waals surface area contributed by atoms with Crippen molar-refractivity contribution in [3.8, 4) is 5.75 Å². The van der Waals surface area contributed by atoms with Gasteiger partial charge in [-0.25, -0.2) is 18.1 Å². The van der Waals surface area contributed by atoms with Crippen LogP contribution in [0.2, 0.25) is 0 Å². The number of hydrogen-bond donors (Lipinski definition) is 2. The van der Waals surface area contributed by atoms with E-state index in [2.05, 4.69) is 15.8 Å². The maximum Gasteiger partial charge on any atom is 0.293 e. The van der Waals surface area contributed by atoms with Gasteiger partial charge in [-0.1, -0.05) is 30.3 Å². The number of hydrazone groups is 1. The molecule has 3 aromatic rings. The lowest BCUT2D eigenvalue weighted by Crippen LogP contribution is -2.39. The van der Waals surface area contributed by atoms with Gasteiger partial charge >= 0.3 is 0 Å². The van der Waals surface area contributed by atoms with E-state index in [1.807, 2.05) is 0 Å². The molecule has 2 amide bonds. The zero-order valence-corrected chi connectivity index (χ0v) is 23.2. The standard InChI is InChI=1S/C28H29N5O8S/c34-27(19-32(25-10-4-5-11-26(25)33(36)37)42(38,39)24-8-2-1-3-9-24)31-30-17-21-12-14-22(15-13-21)41-20-28(35)29-18-23-7-6-16-40-23/h1-5,8-15,17,23H,6-7,16,18-20H2,(H,29,35)(H,31,34)/b30-17+. The summed E-state index contributed by atoms with van der Waals surface area (Å²) in [6.45, 7) is 0.240. The highest BCUT2D eigenvalue weighted by atomic mass is 32.2. The van der Waals surface area contributed by atoms with E-state index in [9.17, 15) is 28.1 Å². The number of sulfonamides is 1. The highest BCUT2D eigenvalue weighted by Crippen LogP contribution is 2.31. The average molecular weight is 596 g/mol. The van der Waals surface area contributed by atoms with Gasteiger partial charge in [-0.3, -0.25) is 19.7 Å². The number of nitrogens with one attached hydrogen (secondary N) is 2. The second-order valence-corrected chi connectivity index (χ2v) is 11.0. The molecule has 1 aliphatic heterocycles. The first kappa shape index (κ1) is 30.1. The van der Waals surface area contributed by atoms with Crippen LogP contribution in [0.3, 0.4) is 0 Å². The predicted octanol–water partition coefficient (Wildman–Crippen LogP) is 2.61. The van der Waals surface area contributed by atoms with Gasteiger partial charge in [-0.05, 0) is 60.9 Å². The Morgan fingerprint density at radius 3 is 2.45 bits per heavy atom. The molecule has 1 unspecified atom stereocenters. The molecule has 0 bridgehead atoms. The lowest BCUT2D eigenvalue weighted by Gasteiger charge is -2.23. The van der Waals surface area contributed by atoms with Gasteiger partial charge in [0.25, 0.3) is 27.5 Å². The molecular weight excluding hydrogens is 566 g/mol. The quantitative estimate of drug-likeness (QED) is 0.173. The molecule has 42 heavy (non-hydrogen) atoms. The Balaban J connectivity index is 1.36. The second-order valence-electron chi connectivity index (χ2n) is 9.16. The number of carbonyl (C=O) groups excluding carboxylic acids is 2. The first-order valence-electron chi connectivity index (χ1n) is 13.0. The van der Waals surface area contributed by atoms with Crippen molar-refractivity contribution in [3.63, 3.8) is 0 Å². The van der Waals surface area contributed by atoms with Gasteiger partial charge < -0.3 is 14.8 Å². The molecule has 1 aliphatic rings. The first-order valence-corrected chi connectivity index (χ1v) is 14.4. The van der Waals surface area contributed by atoms with E-state index in [4.69, 9.17) is 9.47 Å². The number of ether oxygens (including phenoxy) is 2. The maximum atomic E-state index is 13.4. The van der Waals surface area contributed by atoms with Gasteiger partial charge in [-0.2, -0.15) is 5.10 Å². The third-order valence-corrected chi connectivity index (χ3v) is 7.94. The van der Waals surface area contributed by atoms with Crippen molar-refractivity contribution in [1.29, 1.82) is 0 Å². The lowest BCUT2D eigenvalue weighted by molar-refractivity contribution is -0.384. The number of carbonyl (C=O) groups is 2. The zero-order valence-electron chi connectivity index (χ0n) is 22.4. The maximum absolute atomic E-state index is 13.4. The van der Waals surface area contributed by atoms with Crippen LogP contribution in [0.1, 0.15) is 18.4 Å². The lowest BCUT2D eigenvalue weighted by atomic mass is 10.2. The summed E-state index contributed by atoms with van der Waals surface area (Å²) >= 11 is 0. The summed E-state index contributed by atoms with van der Waals surface area (Å²) in [5.74, 6) is -0.629. The highest BCUT2D eigenvalue weighted by Gasteiger charge is 2.31. The fourth-order valence-electron chi connectivity index (χ4n) is 4.08. The zero-order chi connectivity index (χ0) is 30.0. The van der Waals surface area contributed by atoms with Crippen LogP contribution in [0.5, 0.6) is 5.75 Å². The molecule has 3 aromatic carbocycles. The van der Waals surface area contributed by atoms with E-state index < -0.39 is 33.1 Å². The van der Waals surface area contributed by atoms with Crippen molar-refractivity contribution in [2.45, 2.75) is 23.8 Å². The summed E-state index contributed by atoms with van der Waals surface area (Å²) < 4.78 is 38.4. The number of benzene rings is 3. The fraction of sp³-hybridized carbons (Fsp3) is 0.250. The van der Waals surface area contributed by atoms with Gasteiger partial charge in [0.2, 0.25) is 0 Å². The van der Waals surface area contributed by atoms with Crippen molar-refractivity contribution in [3.05, 3.63) is 94.5 Å². The monoisotopic (exact) mass is 595 g/mol. The Labute approximate surface area is 242 Å². The molecule has 0 radical (unpaired) electrons. The van der Waals surface area contributed by atoms with Crippen molar-refractivity contribution in [2.24, 2.45) is 5.10 Å². The van der Waals surface area contributed by atoms with Crippen LogP contribution < -0.4 is 19.8 Å². The molecule has 0 aliphatic carbocycles. The summed E-state index contributed by atoms with van der Waals surface area (Å²) in [6, 6.07) is 19.1. The number of hydrogen-bond acceptors (Lipinski definition) is 9. The molecule has 1 heterocycles. The van der Waals surface area contributed by atoms with Crippen LogP contribution in [0, 0.1) is 10.1 Å². The molecule has 0 spiro atoms. The van der Waals surface area contributed by atoms with Gasteiger partial charge in [0.1, 0.15) is 18.0 Å². The van der Waals surface area contributed by atoms with E-state index in [0.29, 0.717) is 28.8 Å². The van der Waals surface area contributed by atoms with Gasteiger partial charge in [0.05, 0.1) is 22.1 Å². The minimum Gasteiger partial charge on any atom is -0.484 e. The Morgan fingerprint density at radius 2 is 1.76 bits per heavy atom. The van der Waals surface area contributed by atoms with E-state index in [1.54, 1.807) is 30.3 Å². The largest absolute Gasteiger partial charge is 0.484 e. The summed E-state index contributed by atoms with van der Waals surface area (Å²) in [7, 11) is -4.34. The van der Waals surface area contributed by atoms with Crippen molar-refractivity contribution in [2.75, 3.05) is 30.6 Å². The predicted molar refractivity (Wildman–Crippen MR) is 154 cm³/mol. The molecule has 0 saturated carbocycles. The van der Waals surface area contributed by atoms with Crippen LogP contribution in [0.15, 0.2) is 88.9 Å². The molecular formula is C28H29N5O8S. The number of para-hydroxylation sites is 2. The fourth-order valence-corrected chi connectivity index (χ4v) is 5.53. The summed E-state index contributed by atoms with van der Waals surface area (Å²) in [5, 5.41) is 18.2. The molecule has 1 saturated heterocycles. The molecule has 0 aromatic heterocycles. The van der Waals surface area contributed by atoms with Crippen molar-refractivity contribution in [1.82, 2.24) is 10.7 Å². The number of rotatable bonds is 13. The van der Waals surface area contributed by atoms with Crippen LogP contribution in [-0.4, -0.2) is 63.8 Å². The van der Waals surface area contributed by atoms with E-state index >= 15 is 0 Å². The minimum atomic E-state index is -4.34. The average Bonchev–Trinajstić information content (AvgIpc) is 3.53. The second kappa shape index (κ2) is 14.2. The van der Waals surface area contributed by atoms with E-state index in [1.165, 1.54) is 48.7 Å². The van der Waals surface area contributed by atoms with Gasteiger partial charge in [0.15, 0.2) is 6.61 Å². The smallest absolute Gasteiger partial charge is 0.293 e. The number of amides is 2. The molecule has 1 fully saturated rings. The molecule has 2 N–H and O–H groups in total. The van der Waals surface area contributed by atoms with Crippen LogP contribution >= 0.6 is 0 Å². The Bertz CT molecular complexity index is 1530. The van der Waals surface area contributed by atoms with Crippen LogP contribution in [0.25, 0.3) is 0 Å². The highest BCUT2D eigenvalue weighted by molar-refractivity contribution is 7.92. The van der Waals surface area contributed by atoms with Gasteiger partial charge in [0, 0.05) is 19.2 Å². The third-order valence-electron chi connectivity index (χ3n) is 6.17. The molecule has 14 heteroatoms. The molecule has 4 rings (SSSR count). The van der Waals surface area contributed by atoms with Crippen LogP contribution in [0.4, 0.5) is 11.4 Å². The number of anilines is 1. The normalized spacial score (nSPS) is 14.8. The number of nitro benzene ring substituents is 1.